The molecule has 0 saturated heterocycles. The Labute approximate surface area is 102 Å². The minimum absolute atomic E-state index is 0.129. The minimum Gasteiger partial charge on any atom is -0.382 e. The summed E-state index contributed by atoms with van der Waals surface area (Å²) in [5.74, 6) is -0.275. The molecule has 0 aliphatic heterocycles. The van der Waals surface area contributed by atoms with Gasteiger partial charge in [-0.25, -0.2) is 9.37 Å². The molecular formula is C11H7Cl2FN2. The van der Waals surface area contributed by atoms with Crippen LogP contribution in [-0.4, -0.2) is 4.98 Å². The molecule has 5 heteroatoms. The zero-order valence-corrected chi connectivity index (χ0v) is 9.56. The van der Waals surface area contributed by atoms with Gasteiger partial charge in [-0.15, -0.1) is 0 Å². The summed E-state index contributed by atoms with van der Waals surface area (Å²) in [6, 6.07) is 7.65. The van der Waals surface area contributed by atoms with Crippen molar-refractivity contribution in [2.45, 2.75) is 0 Å². The summed E-state index contributed by atoms with van der Waals surface area (Å²) in [7, 11) is 0. The van der Waals surface area contributed by atoms with Gasteiger partial charge in [-0.1, -0.05) is 35.3 Å². The summed E-state index contributed by atoms with van der Waals surface area (Å²) in [4.78, 5) is 3.98. The first-order valence-corrected chi connectivity index (χ1v) is 5.21. The number of hydrogen-bond acceptors (Lipinski definition) is 2. The summed E-state index contributed by atoms with van der Waals surface area (Å²) in [6.07, 6.45) is 0. The maximum absolute atomic E-state index is 13.5. The lowest BCUT2D eigenvalue weighted by Gasteiger charge is -2.07. The Morgan fingerprint density at radius 1 is 1.12 bits per heavy atom. The van der Waals surface area contributed by atoms with E-state index in [-0.39, 0.29) is 15.9 Å². The van der Waals surface area contributed by atoms with Crippen molar-refractivity contribution in [2.24, 2.45) is 0 Å². The molecule has 0 radical (unpaired) electrons. The predicted octanol–water partition coefficient (Wildman–Crippen LogP) is 3.78. The van der Waals surface area contributed by atoms with Gasteiger partial charge < -0.3 is 5.73 Å². The van der Waals surface area contributed by atoms with Crippen LogP contribution in [0.5, 0.6) is 0 Å². The Kier molecular flexibility index (Phi) is 2.99. The van der Waals surface area contributed by atoms with Gasteiger partial charge in [0, 0.05) is 5.56 Å². The van der Waals surface area contributed by atoms with Crippen molar-refractivity contribution in [3.05, 3.63) is 46.2 Å². The van der Waals surface area contributed by atoms with Crippen LogP contribution in [-0.2, 0) is 0 Å². The van der Waals surface area contributed by atoms with Crippen LogP contribution in [0.4, 0.5) is 10.2 Å². The number of benzene rings is 1. The van der Waals surface area contributed by atoms with E-state index in [2.05, 4.69) is 4.98 Å². The monoisotopic (exact) mass is 256 g/mol. The average Bonchev–Trinajstić information content (AvgIpc) is 2.25. The highest BCUT2D eigenvalue weighted by Crippen LogP contribution is 2.32. The second kappa shape index (κ2) is 4.28. The lowest BCUT2D eigenvalue weighted by atomic mass is 10.1. The number of nitrogens with zero attached hydrogens (tertiary/aromatic N) is 1. The smallest absolute Gasteiger partial charge is 0.143 e. The summed E-state index contributed by atoms with van der Waals surface area (Å²) in [6.45, 7) is 0. The molecule has 0 fully saturated rings. The lowest BCUT2D eigenvalue weighted by Crippen LogP contribution is -1.96. The third kappa shape index (κ3) is 1.96. The van der Waals surface area contributed by atoms with Crippen molar-refractivity contribution < 1.29 is 4.39 Å². The van der Waals surface area contributed by atoms with E-state index in [0.717, 1.165) is 0 Å². The SMILES string of the molecule is Nc1nc(-c2ccccc2F)c(Cl)cc1Cl. The van der Waals surface area contributed by atoms with Crippen LogP contribution >= 0.6 is 23.2 Å². The molecule has 2 N–H and O–H groups in total. The molecule has 82 valence electrons. The molecule has 0 saturated carbocycles. The Bertz CT molecular complexity index is 544. The van der Waals surface area contributed by atoms with Gasteiger partial charge in [0.15, 0.2) is 0 Å². The van der Waals surface area contributed by atoms with Crippen molar-refractivity contribution in [2.75, 3.05) is 5.73 Å². The Morgan fingerprint density at radius 2 is 1.81 bits per heavy atom. The fourth-order valence-corrected chi connectivity index (χ4v) is 1.78. The standard InChI is InChI=1S/C11H7Cl2FN2/c12-7-5-8(13)11(15)16-10(7)6-3-1-2-4-9(6)14/h1-5H,(H2,15,16). The molecule has 0 atom stereocenters. The molecule has 0 spiro atoms. The van der Waals surface area contributed by atoms with Crippen LogP contribution in [0.2, 0.25) is 10.0 Å². The topological polar surface area (TPSA) is 38.9 Å². The Morgan fingerprint density at radius 3 is 2.50 bits per heavy atom. The van der Waals surface area contributed by atoms with Crippen molar-refractivity contribution in [1.29, 1.82) is 0 Å². The van der Waals surface area contributed by atoms with Gasteiger partial charge in [-0.3, -0.25) is 0 Å². The van der Waals surface area contributed by atoms with E-state index in [4.69, 9.17) is 28.9 Å². The van der Waals surface area contributed by atoms with Crippen LogP contribution in [0.25, 0.3) is 11.3 Å². The van der Waals surface area contributed by atoms with Gasteiger partial charge >= 0.3 is 0 Å². The zero-order chi connectivity index (χ0) is 11.7. The van der Waals surface area contributed by atoms with E-state index >= 15 is 0 Å². The molecular weight excluding hydrogens is 250 g/mol. The number of hydrogen-bond donors (Lipinski definition) is 1. The number of nitrogen functional groups attached to an aromatic ring is 1. The first-order valence-electron chi connectivity index (χ1n) is 4.46. The molecule has 1 heterocycles. The molecule has 0 aliphatic carbocycles. The third-order valence-electron chi connectivity index (χ3n) is 2.09. The molecule has 0 amide bonds. The number of aromatic nitrogens is 1. The molecule has 0 aliphatic rings. The normalized spacial score (nSPS) is 10.4. The molecule has 2 aromatic rings. The maximum atomic E-state index is 13.5. The van der Waals surface area contributed by atoms with E-state index in [1.807, 2.05) is 0 Å². The number of anilines is 1. The van der Waals surface area contributed by atoms with Gasteiger partial charge in [-0.2, -0.15) is 0 Å². The summed E-state index contributed by atoms with van der Waals surface area (Å²) >= 11 is 11.7. The highest BCUT2D eigenvalue weighted by Gasteiger charge is 2.12. The third-order valence-corrected chi connectivity index (χ3v) is 2.68. The fraction of sp³-hybridized carbons (Fsp3) is 0. The predicted molar refractivity (Wildman–Crippen MR) is 64.1 cm³/mol. The molecule has 1 aromatic heterocycles. The van der Waals surface area contributed by atoms with Gasteiger partial charge in [-0.05, 0) is 18.2 Å². The fourth-order valence-electron chi connectivity index (χ4n) is 1.32. The zero-order valence-electron chi connectivity index (χ0n) is 8.05. The highest BCUT2D eigenvalue weighted by molar-refractivity contribution is 6.37. The van der Waals surface area contributed by atoms with Crippen LogP contribution in [0.3, 0.4) is 0 Å². The van der Waals surface area contributed by atoms with Crippen LogP contribution in [0.15, 0.2) is 30.3 Å². The van der Waals surface area contributed by atoms with Crippen LogP contribution < -0.4 is 5.73 Å². The number of pyridine rings is 1. The quantitative estimate of drug-likeness (QED) is 0.844. The maximum Gasteiger partial charge on any atom is 0.143 e. The lowest BCUT2D eigenvalue weighted by molar-refractivity contribution is 0.631. The first kappa shape index (κ1) is 11.2. The molecule has 0 bridgehead atoms. The molecule has 2 rings (SSSR count). The second-order valence-corrected chi connectivity index (χ2v) is 3.98. The van der Waals surface area contributed by atoms with E-state index < -0.39 is 5.82 Å². The Hall–Kier alpha value is -1.32. The van der Waals surface area contributed by atoms with Gasteiger partial charge in [0.1, 0.15) is 11.6 Å². The summed E-state index contributed by atoms with van der Waals surface area (Å²) < 4.78 is 13.5. The van der Waals surface area contributed by atoms with Crippen LogP contribution in [0, 0.1) is 5.82 Å². The van der Waals surface area contributed by atoms with E-state index in [0.29, 0.717) is 11.3 Å². The van der Waals surface area contributed by atoms with Crippen molar-refractivity contribution in [1.82, 2.24) is 4.98 Å². The van der Waals surface area contributed by atoms with E-state index in [9.17, 15) is 4.39 Å². The summed E-state index contributed by atoms with van der Waals surface area (Å²) in [5, 5.41) is 0.523. The van der Waals surface area contributed by atoms with Gasteiger partial charge in [0.05, 0.1) is 15.7 Å². The van der Waals surface area contributed by atoms with E-state index in [1.54, 1.807) is 18.2 Å². The van der Waals surface area contributed by atoms with Gasteiger partial charge in [0.2, 0.25) is 0 Å². The minimum atomic E-state index is -0.404. The van der Waals surface area contributed by atoms with Crippen LogP contribution in [0.1, 0.15) is 0 Å². The number of halogens is 3. The molecule has 0 unspecified atom stereocenters. The van der Waals surface area contributed by atoms with Crippen molar-refractivity contribution in [3.63, 3.8) is 0 Å². The first-order chi connectivity index (χ1) is 7.59. The Balaban J connectivity index is 2.65. The van der Waals surface area contributed by atoms with Gasteiger partial charge in [0.25, 0.3) is 0 Å². The molecule has 1 aromatic carbocycles. The van der Waals surface area contributed by atoms with E-state index in [1.165, 1.54) is 12.1 Å². The number of nitrogens with two attached hydrogens (primary N) is 1. The van der Waals surface area contributed by atoms with Crippen molar-refractivity contribution >= 4 is 29.0 Å². The average molecular weight is 257 g/mol. The largest absolute Gasteiger partial charge is 0.382 e. The summed E-state index contributed by atoms with van der Waals surface area (Å²) in [5.41, 5.74) is 6.15. The highest BCUT2D eigenvalue weighted by atomic mass is 35.5. The molecule has 2 nitrogen and oxygen atoms in total. The van der Waals surface area contributed by atoms with Crippen molar-refractivity contribution in [3.8, 4) is 11.3 Å². The second-order valence-electron chi connectivity index (χ2n) is 3.17. The number of rotatable bonds is 1. The molecule has 16 heavy (non-hydrogen) atoms.